The van der Waals surface area contributed by atoms with Gasteiger partial charge in [0.1, 0.15) is 0 Å². The highest BCUT2D eigenvalue weighted by molar-refractivity contribution is 5.91. The van der Waals surface area contributed by atoms with Gasteiger partial charge >= 0.3 is 0 Å². The summed E-state index contributed by atoms with van der Waals surface area (Å²) in [4.78, 5) is 23.4. The third-order valence-corrected chi connectivity index (χ3v) is 4.08. The van der Waals surface area contributed by atoms with Crippen LogP contribution in [0.3, 0.4) is 0 Å². The molecule has 0 saturated carbocycles. The molecule has 0 bridgehead atoms. The molecule has 2 aliphatic rings. The molecule has 3 heterocycles. The van der Waals surface area contributed by atoms with Crippen LogP contribution in [0, 0.1) is 0 Å². The molecule has 0 aliphatic carbocycles. The van der Waals surface area contributed by atoms with Crippen LogP contribution >= 0.6 is 0 Å². The van der Waals surface area contributed by atoms with Gasteiger partial charge in [-0.15, -0.1) is 0 Å². The van der Waals surface area contributed by atoms with E-state index >= 15 is 0 Å². The van der Waals surface area contributed by atoms with Crippen LogP contribution in [0.1, 0.15) is 37.7 Å². The fraction of sp³-hybridized carbons (Fsp3) is 0.533. The van der Waals surface area contributed by atoms with E-state index in [9.17, 15) is 4.79 Å². The van der Waals surface area contributed by atoms with E-state index in [-0.39, 0.29) is 5.91 Å². The van der Waals surface area contributed by atoms with E-state index < -0.39 is 6.10 Å². The van der Waals surface area contributed by atoms with Gasteiger partial charge in [0.25, 0.3) is 5.91 Å². The minimum atomic E-state index is -0.396. The number of rotatable bonds is 2. The van der Waals surface area contributed by atoms with Gasteiger partial charge in [0.05, 0.1) is 5.71 Å². The van der Waals surface area contributed by atoms with E-state index in [2.05, 4.69) is 22.3 Å². The second-order valence-electron chi connectivity index (χ2n) is 5.50. The van der Waals surface area contributed by atoms with E-state index in [1.54, 1.807) is 0 Å². The van der Waals surface area contributed by atoms with Crippen LogP contribution in [0.2, 0.25) is 0 Å². The van der Waals surface area contributed by atoms with E-state index in [4.69, 9.17) is 4.84 Å². The Morgan fingerprint density at radius 3 is 2.60 bits per heavy atom. The largest absolute Gasteiger partial charge is 0.382 e. The SMILES string of the molecule is CC1=NO[C@H](C(=O)N2CCC(c3ccncc3)CC2)C1. The topological polar surface area (TPSA) is 54.8 Å². The molecule has 106 valence electrons. The van der Waals surface area contributed by atoms with Gasteiger partial charge in [-0.25, -0.2) is 0 Å². The molecule has 1 aromatic rings. The summed E-state index contributed by atoms with van der Waals surface area (Å²) in [5.41, 5.74) is 2.22. The highest BCUT2D eigenvalue weighted by atomic mass is 16.6. The Morgan fingerprint density at radius 1 is 1.30 bits per heavy atom. The maximum atomic E-state index is 12.3. The molecule has 1 saturated heterocycles. The van der Waals surface area contributed by atoms with Crippen LogP contribution in [0.25, 0.3) is 0 Å². The summed E-state index contributed by atoms with van der Waals surface area (Å²) < 4.78 is 0. The molecular formula is C15H19N3O2. The van der Waals surface area contributed by atoms with Crippen molar-refractivity contribution >= 4 is 11.6 Å². The maximum absolute atomic E-state index is 12.3. The number of oxime groups is 1. The Hall–Kier alpha value is -1.91. The van der Waals surface area contributed by atoms with Gasteiger partial charge in [-0.1, -0.05) is 5.16 Å². The van der Waals surface area contributed by atoms with E-state index in [0.29, 0.717) is 12.3 Å². The zero-order valence-corrected chi connectivity index (χ0v) is 11.7. The third-order valence-electron chi connectivity index (χ3n) is 4.08. The normalized spacial score (nSPS) is 23.4. The van der Waals surface area contributed by atoms with Gasteiger partial charge in [0, 0.05) is 31.9 Å². The first-order valence-corrected chi connectivity index (χ1v) is 7.12. The maximum Gasteiger partial charge on any atom is 0.266 e. The molecule has 0 radical (unpaired) electrons. The van der Waals surface area contributed by atoms with Crippen molar-refractivity contribution in [3.8, 4) is 0 Å². The van der Waals surface area contributed by atoms with Crippen molar-refractivity contribution in [3.05, 3.63) is 30.1 Å². The van der Waals surface area contributed by atoms with Crippen molar-refractivity contribution in [1.29, 1.82) is 0 Å². The summed E-state index contributed by atoms with van der Waals surface area (Å²) in [5, 5.41) is 3.86. The van der Waals surface area contributed by atoms with Gasteiger partial charge in [0.2, 0.25) is 6.10 Å². The van der Waals surface area contributed by atoms with Crippen LogP contribution in [-0.2, 0) is 9.63 Å². The molecule has 0 unspecified atom stereocenters. The molecular weight excluding hydrogens is 254 g/mol. The highest BCUT2D eigenvalue weighted by Gasteiger charge is 2.32. The Labute approximate surface area is 118 Å². The lowest BCUT2D eigenvalue weighted by Crippen LogP contribution is -2.43. The van der Waals surface area contributed by atoms with E-state index in [0.717, 1.165) is 31.6 Å². The number of hydrogen-bond donors (Lipinski definition) is 0. The van der Waals surface area contributed by atoms with Crippen molar-refractivity contribution in [2.45, 2.75) is 38.2 Å². The summed E-state index contributed by atoms with van der Waals surface area (Å²) in [6.45, 7) is 3.48. The Morgan fingerprint density at radius 2 is 2.00 bits per heavy atom. The second-order valence-corrected chi connectivity index (χ2v) is 5.50. The van der Waals surface area contributed by atoms with Crippen molar-refractivity contribution in [2.75, 3.05) is 13.1 Å². The Kier molecular flexibility index (Phi) is 3.67. The predicted molar refractivity (Wildman–Crippen MR) is 75.4 cm³/mol. The van der Waals surface area contributed by atoms with Crippen LogP contribution in [0.4, 0.5) is 0 Å². The van der Waals surface area contributed by atoms with Crippen molar-refractivity contribution in [2.24, 2.45) is 5.16 Å². The average Bonchev–Trinajstić information content (AvgIpc) is 2.94. The van der Waals surface area contributed by atoms with Crippen molar-refractivity contribution in [1.82, 2.24) is 9.88 Å². The van der Waals surface area contributed by atoms with Crippen LogP contribution in [0.5, 0.6) is 0 Å². The lowest BCUT2D eigenvalue weighted by molar-refractivity contribution is -0.143. The fourth-order valence-electron chi connectivity index (χ4n) is 2.90. The summed E-state index contributed by atoms with van der Waals surface area (Å²) in [7, 11) is 0. The van der Waals surface area contributed by atoms with Crippen LogP contribution < -0.4 is 0 Å². The summed E-state index contributed by atoms with van der Waals surface area (Å²) in [6, 6.07) is 4.14. The summed E-state index contributed by atoms with van der Waals surface area (Å²) >= 11 is 0. The molecule has 0 spiro atoms. The van der Waals surface area contributed by atoms with Crippen LogP contribution in [-0.4, -0.2) is 40.7 Å². The Bertz CT molecular complexity index is 507. The molecule has 2 aliphatic heterocycles. The molecule has 5 heteroatoms. The van der Waals surface area contributed by atoms with Crippen LogP contribution in [0.15, 0.2) is 29.7 Å². The number of piperidine rings is 1. The van der Waals surface area contributed by atoms with Gasteiger partial charge in [0.15, 0.2) is 0 Å². The number of carbonyl (C=O) groups excluding carboxylic acids is 1. The molecule has 1 aromatic heterocycles. The number of nitrogens with zero attached hydrogens (tertiary/aromatic N) is 3. The minimum absolute atomic E-state index is 0.0822. The molecule has 1 amide bonds. The lowest BCUT2D eigenvalue weighted by Gasteiger charge is -2.33. The molecule has 20 heavy (non-hydrogen) atoms. The smallest absolute Gasteiger partial charge is 0.266 e. The second kappa shape index (κ2) is 5.61. The number of likely N-dealkylation sites (tertiary alicyclic amines) is 1. The lowest BCUT2D eigenvalue weighted by atomic mass is 9.90. The van der Waals surface area contributed by atoms with Gasteiger partial charge in [-0.05, 0) is 43.4 Å². The third kappa shape index (κ3) is 2.66. The number of carbonyl (C=O) groups is 1. The quantitative estimate of drug-likeness (QED) is 0.827. The predicted octanol–water partition coefficient (Wildman–Crippen LogP) is 1.95. The van der Waals surface area contributed by atoms with E-state index in [1.165, 1.54) is 5.56 Å². The number of hydrogen-bond acceptors (Lipinski definition) is 4. The summed E-state index contributed by atoms with van der Waals surface area (Å²) in [6.07, 6.45) is 5.90. The molecule has 1 atom stereocenters. The van der Waals surface area contributed by atoms with Gasteiger partial charge in [-0.2, -0.15) is 0 Å². The van der Waals surface area contributed by atoms with Gasteiger partial charge < -0.3 is 9.74 Å². The van der Waals surface area contributed by atoms with Crippen molar-refractivity contribution < 1.29 is 9.63 Å². The zero-order chi connectivity index (χ0) is 13.9. The average molecular weight is 273 g/mol. The summed E-state index contributed by atoms with van der Waals surface area (Å²) in [5.74, 6) is 0.614. The minimum Gasteiger partial charge on any atom is -0.382 e. The first-order chi connectivity index (χ1) is 9.74. The molecule has 1 fully saturated rings. The zero-order valence-electron chi connectivity index (χ0n) is 11.7. The number of pyridine rings is 1. The number of amides is 1. The van der Waals surface area contributed by atoms with E-state index in [1.807, 2.05) is 24.2 Å². The highest BCUT2D eigenvalue weighted by Crippen LogP contribution is 2.28. The molecule has 3 rings (SSSR count). The fourth-order valence-corrected chi connectivity index (χ4v) is 2.90. The molecule has 5 nitrogen and oxygen atoms in total. The van der Waals surface area contributed by atoms with Gasteiger partial charge in [-0.3, -0.25) is 9.78 Å². The monoisotopic (exact) mass is 273 g/mol. The first kappa shape index (κ1) is 13.1. The first-order valence-electron chi connectivity index (χ1n) is 7.12. The standard InChI is InChI=1S/C15H19N3O2/c1-11-10-14(20-17-11)15(19)18-8-4-13(5-9-18)12-2-6-16-7-3-12/h2-3,6-7,13-14H,4-5,8-10H2,1H3/t14-/m0/s1. The molecule has 0 N–H and O–H groups in total. The number of aromatic nitrogens is 1. The van der Waals surface area contributed by atoms with Crippen molar-refractivity contribution in [3.63, 3.8) is 0 Å². The Balaban J connectivity index is 1.55. The molecule has 0 aromatic carbocycles.